The molecule has 3 aromatic rings. The molecule has 3 rings (SSSR count). The molecular formula is C19H15N3O2. The summed E-state index contributed by atoms with van der Waals surface area (Å²) in [6.07, 6.45) is 0. The van der Waals surface area contributed by atoms with Gasteiger partial charge in [-0.05, 0) is 48.5 Å². The van der Waals surface area contributed by atoms with Gasteiger partial charge < -0.3 is 20.9 Å². The molecule has 0 aliphatic rings. The number of nitrogens with two attached hydrogens (primary N) is 2. The molecule has 0 amide bonds. The normalized spacial score (nSPS) is 9.96. The summed E-state index contributed by atoms with van der Waals surface area (Å²) in [6.45, 7) is 0. The first-order valence-corrected chi connectivity index (χ1v) is 7.25. The van der Waals surface area contributed by atoms with Crippen molar-refractivity contribution in [2.24, 2.45) is 0 Å². The summed E-state index contributed by atoms with van der Waals surface area (Å²) in [4.78, 5) is 0. The highest BCUT2D eigenvalue weighted by atomic mass is 16.5. The molecule has 5 heteroatoms. The Bertz CT molecular complexity index is 899. The molecule has 0 saturated carbocycles. The van der Waals surface area contributed by atoms with Gasteiger partial charge >= 0.3 is 0 Å². The highest BCUT2D eigenvalue weighted by Crippen LogP contribution is 2.34. The van der Waals surface area contributed by atoms with Gasteiger partial charge in [-0.15, -0.1) is 0 Å². The summed E-state index contributed by atoms with van der Waals surface area (Å²) in [7, 11) is 0. The van der Waals surface area contributed by atoms with Crippen LogP contribution in [0.3, 0.4) is 0 Å². The van der Waals surface area contributed by atoms with Crippen LogP contribution in [-0.4, -0.2) is 0 Å². The zero-order chi connectivity index (χ0) is 16.9. The molecule has 0 atom stereocenters. The summed E-state index contributed by atoms with van der Waals surface area (Å²) in [5.41, 5.74) is 12.9. The third-order valence-electron chi connectivity index (χ3n) is 3.29. The molecule has 118 valence electrons. The monoisotopic (exact) mass is 317 g/mol. The van der Waals surface area contributed by atoms with Crippen molar-refractivity contribution < 1.29 is 9.47 Å². The van der Waals surface area contributed by atoms with Gasteiger partial charge in [0.05, 0.1) is 0 Å². The summed E-state index contributed by atoms with van der Waals surface area (Å²) in [5, 5.41) is 9.50. The molecule has 0 bridgehead atoms. The molecule has 0 heterocycles. The fraction of sp³-hybridized carbons (Fsp3) is 0. The number of nitrogens with zero attached hydrogens (tertiary/aromatic N) is 1. The second-order valence-electron chi connectivity index (χ2n) is 5.09. The van der Waals surface area contributed by atoms with Gasteiger partial charge in [0.2, 0.25) is 0 Å². The zero-order valence-corrected chi connectivity index (χ0v) is 12.8. The SMILES string of the molecule is N#Cc1c(Oc2ccc(N)cc2)cccc1Oc1cccc(N)c1. The van der Waals surface area contributed by atoms with Crippen molar-refractivity contribution in [2.45, 2.75) is 0 Å². The molecule has 0 saturated heterocycles. The smallest absolute Gasteiger partial charge is 0.149 e. The van der Waals surface area contributed by atoms with E-state index in [9.17, 15) is 5.26 Å². The van der Waals surface area contributed by atoms with Gasteiger partial charge in [0, 0.05) is 17.4 Å². The summed E-state index contributed by atoms with van der Waals surface area (Å²) < 4.78 is 11.6. The van der Waals surface area contributed by atoms with Crippen molar-refractivity contribution in [3.05, 3.63) is 72.3 Å². The predicted octanol–water partition coefficient (Wildman–Crippen LogP) is 4.31. The topological polar surface area (TPSA) is 94.3 Å². The second-order valence-corrected chi connectivity index (χ2v) is 5.09. The van der Waals surface area contributed by atoms with Crippen LogP contribution in [0.5, 0.6) is 23.0 Å². The third kappa shape index (κ3) is 3.39. The number of nitrogen functional groups attached to an aromatic ring is 2. The van der Waals surface area contributed by atoms with Gasteiger partial charge in [-0.1, -0.05) is 12.1 Å². The van der Waals surface area contributed by atoms with Crippen LogP contribution in [0.1, 0.15) is 5.56 Å². The van der Waals surface area contributed by atoms with Gasteiger partial charge in [0.1, 0.15) is 34.6 Å². The van der Waals surface area contributed by atoms with Crippen molar-refractivity contribution in [3.8, 4) is 29.1 Å². The Morgan fingerprint density at radius 1 is 0.708 bits per heavy atom. The fourth-order valence-electron chi connectivity index (χ4n) is 2.16. The van der Waals surface area contributed by atoms with Crippen molar-refractivity contribution in [2.75, 3.05) is 11.5 Å². The lowest BCUT2D eigenvalue weighted by Crippen LogP contribution is -1.94. The van der Waals surface area contributed by atoms with Crippen LogP contribution in [0.4, 0.5) is 11.4 Å². The lowest BCUT2D eigenvalue weighted by atomic mass is 10.2. The molecule has 5 nitrogen and oxygen atoms in total. The van der Waals surface area contributed by atoms with E-state index < -0.39 is 0 Å². The first kappa shape index (κ1) is 15.3. The minimum Gasteiger partial charge on any atom is -0.456 e. The number of hydrogen-bond donors (Lipinski definition) is 2. The fourth-order valence-corrected chi connectivity index (χ4v) is 2.16. The van der Waals surface area contributed by atoms with E-state index in [1.165, 1.54) is 0 Å². The van der Waals surface area contributed by atoms with Crippen LogP contribution >= 0.6 is 0 Å². The van der Waals surface area contributed by atoms with E-state index in [4.69, 9.17) is 20.9 Å². The second kappa shape index (κ2) is 6.63. The third-order valence-corrected chi connectivity index (χ3v) is 3.29. The van der Waals surface area contributed by atoms with Gasteiger partial charge in [-0.25, -0.2) is 0 Å². The van der Waals surface area contributed by atoms with Crippen LogP contribution in [-0.2, 0) is 0 Å². The maximum Gasteiger partial charge on any atom is 0.149 e. The maximum atomic E-state index is 9.50. The molecule has 0 unspecified atom stereocenters. The van der Waals surface area contributed by atoms with Crippen LogP contribution in [0.2, 0.25) is 0 Å². The number of hydrogen-bond acceptors (Lipinski definition) is 5. The van der Waals surface area contributed by atoms with Gasteiger partial charge in [-0.3, -0.25) is 0 Å². The lowest BCUT2D eigenvalue weighted by molar-refractivity contribution is 0.457. The van der Waals surface area contributed by atoms with Crippen LogP contribution in [0.25, 0.3) is 0 Å². The van der Waals surface area contributed by atoms with E-state index in [0.717, 1.165) is 0 Å². The highest BCUT2D eigenvalue weighted by Gasteiger charge is 2.12. The summed E-state index contributed by atoms with van der Waals surface area (Å²) in [6, 6.07) is 21.2. The maximum absolute atomic E-state index is 9.50. The molecule has 0 aliphatic heterocycles. The average Bonchev–Trinajstić information content (AvgIpc) is 2.57. The number of nitriles is 1. The van der Waals surface area contributed by atoms with Crippen molar-refractivity contribution in [1.82, 2.24) is 0 Å². The van der Waals surface area contributed by atoms with E-state index in [2.05, 4.69) is 6.07 Å². The molecule has 0 aliphatic carbocycles. The Balaban J connectivity index is 1.91. The van der Waals surface area contributed by atoms with E-state index in [1.54, 1.807) is 66.7 Å². The largest absolute Gasteiger partial charge is 0.456 e. The Kier molecular flexibility index (Phi) is 4.21. The van der Waals surface area contributed by atoms with Crippen LogP contribution in [0.15, 0.2) is 66.7 Å². The molecule has 3 aromatic carbocycles. The molecule has 0 aromatic heterocycles. The minimum absolute atomic E-state index is 0.303. The van der Waals surface area contributed by atoms with Gasteiger partial charge in [0.15, 0.2) is 0 Å². The van der Waals surface area contributed by atoms with Gasteiger partial charge in [0.25, 0.3) is 0 Å². The Morgan fingerprint density at radius 3 is 1.96 bits per heavy atom. The predicted molar refractivity (Wildman–Crippen MR) is 93.0 cm³/mol. The first-order valence-electron chi connectivity index (χ1n) is 7.25. The Hall–Kier alpha value is -3.65. The molecule has 0 spiro atoms. The van der Waals surface area contributed by atoms with Crippen molar-refractivity contribution in [3.63, 3.8) is 0 Å². The minimum atomic E-state index is 0.303. The average molecular weight is 317 g/mol. The summed E-state index contributed by atoms with van der Waals surface area (Å²) in [5.74, 6) is 1.94. The quantitative estimate of drug-likeness (QED) is 0.699. The highest BCUT2D eigenvalue weighted by molar-refractivity contribution is 5.56. The van der Waals surface area contributed by atoms with E-state index in [1.807, 2.05) is 0 Å². The van der Waals surface area contributed by atoms with E-state index in [-0.39, 0.29) is 0 Å². The number of benzene rings is 3. The number of anilines is 2. The standard InChI is InChI=1S/C19H15N3O2/c20-12-17-18(23-15-9-7-13(21)8-10-15)5-2-6-19(17)24-16-4-1-3-14(22)11-16/h1-11H,21-22H2. The first-order chi connectivity index (χ1) is 11.7. The Labute approximate surface area is 139 Å². The zero-order valence-electron chi connectivity index (χ0n) is 12.8. The number of rotatable bonds is 4. The van der Waals surface area contributed by atoms with E-state index in [0.29, 0.717) is 39.9 Å². The molecule has 0 radical (unpaired) electrons. The molecule has 4 N–H and O–H groups in total. The Morgan fingerprint density at radius 2 is 1.33 bits per heavy atom. The van der Waals surface area contributed by atoms with Crippen LogP contribution in [0, 0.1) is 11.3 Å². The van der Waals surface area contributed by atoms with Gasteiger partial charge in [-0.2, -0.15) is 5.26 Å². The summed E-state index contributed by atoms with van der Waals surface area (Å²) >= 11 is 0. The lowest BCUT2D eigenvalue weighted by Gasteiger charge is -2.12. The molecular weight excluding hydrogens is 302 g/mol. The number of ether oxygens (including phenoxy) is 2. The molecule has 24 heavy (non-hydrogen) atoms. The molecule has 0 fully saturated rings. The van der Waals surface area contributed by atoms with Crippen molar-refractivity contribution in [1.29, 1.82) is 5.26 Å². The van der Waals surface area contributed by atoms with Crippen molar-refractivity contribution >= 4 is 11.4 Å². The van der Waals surface area contributed by atoms with Crippen LogP contribution < -0.4 is 20.9 Å². The van der Waals surface area contributed by atoms with E-state index >= 15 is 0 Å².